The monoisotopic (exact) mass is 484 g/mol. The molecule has 3 aromatic carbocycles. The zero-order chi connectivity index (χ0) is 22.5. The van der Waals surface area contributed by atoms with Crippen LogP contribution in [0.2, 0.25) is 5.02 Å². The van der Waals surface area contributed by atoms with Gasteiger partial charge in [-0.2, -0.15) is 0 Å². The number of thioether (sulfide) groups is 1. The smallest absolute Gasteiger partial charge is 0.261 e. The minimum absolute atomic E-state index is 0.157. The number of carbonyl (C=O) groups excluding carboxylic acids is 2. The van der Waals surface area contributed by atoms with Crippen LogP contribution < -0.4 is 15.4 Å². The van der Waals surface area contributed by atoms with Crippen molar-refractivity contribution < 1.29 is 14.3 Å². The van der Waals surface area contributed by atoms with Crippen LogP contribution >= 0.6 is 34.7 Å². The third-order valence-electron chi connectivity index (χ3n) is 4.42. The SMILES string of the molecule is COc1ccc(Cl)cc1C(=O)Nc1nnc(SCC(=O)Nc2cccc3ccccc23)s1. The maximum Gasteiger partial charge on any atom is 0.261 e. The number of ether oxygens (including phenoxy) is 1. The molecule has 0 aliphatic carbocycles. The van der Waals surface area contributed by atoms with Gasteiger partial charge in [-0.3, -0.25) is 14.9 Å². The first kappa shape index (κ1) is 22.1. The molecule has 1 aromatic heterocycles. The van der Waals surface area contributed by atoms with Gasteiger partial charge in [0.15, 0.2) is 4.34 Å². The van der Waals surface area contributed by atoms with Gasteiger partial charge in [0.2, 0.25) is 11.0 Å². The number of benzene rings is 3. The van der Waals surface area contributed by atoms with Crippen molar-refractivity contribution >= 4 is 68.1 Å². The summed E-state index contributed by atoms with van der Waals surface area (Å²) < 4.78 is 5.77. The zero-order valence-electron chi connectivity index (χ0n) is 16.8. The molecule has 7 nitrogen and oxygen atoms in total. The van der Waals surface area contributed by atoms with Crippen molar-refractivity contribution in [3.05, 3.63) is 71.2 Å². The molecule has 0 bridgehead atoms. The molecule has 1 heterocycles. The van der Waals surface area contributed by atoms with Crippen molar-refractivity contribution in [2.75, 3.05) is 23.5 Å². The number of aromatic nitrogens is 2. The van der Waals surface area contributed by atoms with Crippen molar-refractivity contribution in [2.45, 2.75) is 4.34 Å². The molecular formula is C22H17ClN4O3S2. The molecule has 0 aliphatic heterocycles. The number of halogens is 1. The van der Waals surface area contributed by atoms with Crippen molar-refractivity contribution in [3.63, 3.8) is 0 Å². The van der Waals surface area contributed by atoms with Gasteiger partial charge in [-0.1, -0.05) is 71.1 Å². The van der Waals surface area contributed by atoms with E-state index >= 15 is 0 Å². The highest BCUT2D eigenvalue weighted by atomic mass is 35.5. The lowest BCUT2D eigenvalue weighted by Crippen LogP contribution is -2.14. The van der Waals surface area contributed by atoms with Crippen LogP contribution in [-0.4, -0.2) is 34.9 Å². The Morgan fingerprint density at radius 2 is 1.88 bits per heavy atom. The lowest BCUT2D eigenvalue weighted by Gasteiger charge is -2.08. The number of hydrogen-bond donors (Lipinski definition) is 2. The van der Waals surface area contributed by atoms with E-state index in [1.54, 1.807) is 12.1 Å². The van der Waals surface area contributed by atoms with Crippen LogP contribution in [0.5, 0.6) is 5.75 Å². The van der Waals surface area contributed by atoms with Crippen molar-refractivity contribution in [3.8, 4) is 5.75 Å². The van der Waals surface area contributed by atoms with Crippen molar-refractivity contribution in [2.24, 2.45) is 0 Å². The summed E-state index contributed by atoms with van der Waals surface area (Å²) in [7, 11) is 1.48. The lowest BCUT2D eigenvalue weighted by atomic mass is 10.1. The summed E-state index contributed by atoms with van der Waals surface area (Å²) in [4.78, 5) is 25.0. The quantitative estimate of drug-likeness (QED) is 0.272. The third-order valence-corrected chi connectivity index (χ3v) is 6.63. The topological polar surface area (TPSA) is 93.2 Å². The lowest BCUT2D eigenvalue weighted by molar-refractivity contribution is -0.113. The third kappa shape index (κ3) is 5.18. The summed E-state index contributed by atoms with van der Waals surface area (Å²) in [5.41, 5.74) is 1.05. The fourth-order valence-corrected chi connectivity index (χ4v) is 4.71. The molecule has 0 fully saturated rings. The number of amides is 2. The van der Waals surface area contributed by atoms with Crippen LogP contribution in [0.4, 0.5) is 10.8 Å². The minimum Gasteiger partial charge on any atom is -0.496 e. The van der Waals surface area contributed by atoms with Gasteiger partial charge in [0, 0.05) is 16.1 Å². The normalized spacial score (nSPS) is 10.7. The van der Waals surface area contributed by atoms with Gasteiger partial charge >= 0.3 is 0 Å². The summed E-state index contributed by atoms with van der Waals surface area (Å²) >= 11 is 8.41. The average Bonchev–Trinajstić information content (AvgIpc) is 3.25. The average molecular weight is 485 g/mol. The van der Waals surface area contributed by atoms with Crippen molar-refractivity contribution in [1.29, 1.82) is 0 Å². The summed E-state index contributed by atoms with van der Waals surface area (Å²) in [5.74, 6) is -0.00819. The largest absolute Gasteiger partial charge is 0.496 e. The minimum atomic E-state index is -0.411. The van der Waals surface area contributed by atoms with Crippen LogP contribution in [0.25, 0.3) is 10.8 Å². The Kier molecular flexibility index (Phi) is 6.89. The number of hydrogen-bond acceptors (Lipinski definition) is 7. The molecule has 4 aromatic rings. The second-order valence-electron chi connectivity index (χ2n) is 6.54. The molecule has 0 unspecified atom stereocenters. The molecule has 32 heavy (non-hydrogen) atoms. The van der Waals surface area contributed by atoms with Gasteiger partial charge < -0.3 is 10.1 Å². The van der Waals surface area contributed by atoms with E-state index in [9.17, 15) is 9.59 Å². The van der Waals surface area contributed by atoms with Gasteiger partial charge in [-0.05, 0) is 29.7 Å². The molecular weight excluding hydrogens is 468 g/mol. The summed E-state index contributed by atoms with van der Waals surface area (Å²) in [5, 5.41) is 16.4. The number of nitrogens with zero attached hydrogens (tertiary/aromatic N) is 2. The van der Waals surface area contributed by atoms with E-state index in [0.29, 0.717) is 25.8 Å². The zero-order valence-corrected chi connectivity index (χ0v) is 19.2. The van der Waals surface area contributed by atoms with Gasteiger partial charge in [0.25, 0.3) is 5.91 Å². The Bertz CT molecular complexity index is 1290. The van der Waals surface area contributed by atoms with E-state index in [-0.39, 0.29) is 11.7 Å². The maximum absolute atomic E-state index is 12.5. The number of fused-ring (bicyclic) bond motifs is 1. The molecule has 2 N–H and O–H groups in total. The highest BCUT2D eigenvalue weighted by molar-refractivity contribution is 8.01. The van der Waals surface area contributed by atoms with E-state index in [2.05, 4.69) is 20.8 Å². The van der Waals surface area contributed by atoms with Crippen LogP contribution in [0.15, 0.2) is 65.0 Å². The predicted octanol–water partition coefficient (Wildman–Crippen LogP) is 5.34. The fourth-order valence-electron chi connectivity index (χ4n) is 2.99. The Balaban J connectivity index is 1.36. The summed E-state index contributed by atoms with van der Waals surface area (Å²) in [6, 6.07) is 18.4. The van der Waals surface area contributed by atoms with Gasteiger partial charge in [-0.25, -0.2) is 0 Å². The standard InChI is InChI=1S/C22H17ClN4O3S2/c1-30-18-10-9-14(23)11-16(18)20(29)25-21-26-27-22(32-21)31-12-19(28)24-17-8-4-6-13-5-2-3-7-15(13)17/h2-11H,12H2,1H3,(H,24,28)(H,25,26,29). The first-order valence-corrected chi connectivity index (χ1v) is 11.6. The maximum atomic E-state index is 12.5. The fraction of sp³-hybridized carbons (Fsp3) is 0.0909. The number of anilines is 2. The van der Waals surface area contributed by atoms with Crippen LogP contribution in [0.1, 0.15) is 10.4 Å². The molecule has 0 atom stereocenters. The molecule has 0 saturated carbocycles. The molecule has 0 saturated heterocycles. The van der Waals surface area contributed by atoms with E-state index in [4.69, 9.17) is 16.3 Å². The molecule has 10 heteroatoms. The highest BCUT2D eigenvalue weighted by Crippen LogP contribution is 2.28. The second kappa shape index (κ2) is 9.99. The van der Waals surface area contributed by atoms with Gasteiger partial charge in [0.05, 0.1) is 18.4 Å². The Labute approximate surface area is 197 Å². The van der Waals surface area contributed by atoms with Crippen LogP contribution in [0.3, 0.4) is 0 Å². The Hall–Kier alpha value is -3.14. The molecule has 0 aliphatic rings. The van der Waals surface area contributed by atoms with E-state index in [0.717, 1.165) is 16.5 Å². The number of methoxy groups -OCH3 is 1. The highest BCUT2D eigenvalue weighted by Gasteiger charge is 2.16. The number of carbonyl (C=O) groups is 2. The van der Waals surface area contributed by atoms with Crippen LogP contribution in [0, 0.1) is 0 Å². The Morgan fingerprint density at radius 3 is 2.72 bits per heavy atom. The molecule has 4 rings (SSSR count). The molecule has 2 amide bonds. The summed E-state index contributed by atoms with van der Waals surface area (Å²) in [6.07, 6.45) is 0. The van der Waals surface area contributed by atoms with E-state index < -0.39 is 5.91 Å². The Morgan fingerprint density at radius 1 is 1.06 bits per heavy atom. The first-order chi connectivity index (χ1) is 15.5. The molecule has 0 spiro atoms. The molecule has 162 valence electrons. The number of nitrogens with one attached hydrogen (secondary N) is 2. The number of rotatable bonds is 7. The van der Waals surface area contributed by atoms with Gasteiger partial charge in [-0.15, -0.1) is 10.2 Å². The van der Waals surface area contributed by atoms with Crippen LogP contribution in [-0.2, 0) is 4.79 Å². The first-order valence-electron chi connectivity index (χ1n) is 9.42. The predicted molar refractivity (Wildman–Crippen MR) is 129 cm³/mol. The van der Waals surface area contributed by atoms with Crippen molar-refractivity contribution in [1.82, 2.24) is 10.2 Å². The summed E-state index contributed by atoms with van der Waals surface area (Å²) in [6.45, 7) is 0. The van der Waals surface area contributed by atoms with E-state index in [1.807, 2.05) is 42.5 Å². The molecule has 0 radical (unpaired) electrons. The second-order valence-corrected chi connectivity index (χ2v) is 9.17. The van der Waals surface area contributed by atoms with E-state index in [1.165, 1.54) is 36.3 Å². The van der Waals surface area contributed by atoms with Gasteiger partial charge in [0.1, 0.15) is 5.75 Å².